The van der Waals surface area contributed by atoms with Gasteiger partial charge in [-0.15, -0.1) is 0 Å². The number of hydrogen-bond acceptors (Lipinski definition) is 1. The van der Waals surface area contributed by atoms with Crippen LogP contribution in [0.25, 0.3) is 49.7 Å². The van der Waals surface area contributed by atoms with E-state index in [1.807, 2.05) is 65.2 Å². The molecule has 10 rings (SSSR count). The van der Waals surface area contributed by atoms with Crippen molar-refractivity contribution in [1.29, 1.82) is 0 Å². The van der Waals surface area contributed by atoms with E-state index in [1.165, 1.54) is 0 Å². The van der Waals surface area contributed by atoms with Crippen molar-refractivity contribution in [3.8, 4) is 39.4 Å². The lowest BCUT2D eigenvalue weighted by Crippen LogP contribution is -2.32. The highest BCUT2D eigenvalue weighted by molar-refractivity contribution is 6.15. The van der Waals surface area contributed by atoms with Gasteiger partial charge in [0.2, 0.25) is 0 Å². The Balaban J connectivity index is 1.47. The van der Waals surface area contributed by atoms with Gasteiger partial charge in [0.25, 0.3) is 0 Å². The SMILES string of the molecule is [2H]c1c([2H])c([2H])c2c(c1[2H])Oc1c([2H])c([2H])c(-c3cccc4c3c3ccccc3n4-c3ccccc3)c([2H])c1C21c2c([2H])c([2H])c([2H])c([2H])c2-c2c([2H])c([2H])c([2H])c([2H])c21. The molecule has 1 aliphatic heterocycles. The van der Waals surface area contributed by atoms with Crippen LogP contribution in [0.1, 0.15) is 42.8 Å². The number of fused-ring (bicyclic) bond motifs is 12. The largest absolute Gasteiger partial charge is 0.457 e. The number of benzene rings is 7. The van der Waals surface area contributed by atoms with Crippen LogP contribution in [0.4, 0.5) is 0 Å². The molecular weight excluding hydrogens is 546 g/mol. The molecule has 2 aliphatic rings. The highest BCUT2D eigenvalue weighted by Crippen LogP contribution is 2.62. The predicted octanol–water partition coefficient (Wildman–Crippen LogP) is 10.9. The molecular formula is C43H27NO. The number of ether oxygens (including phenoxy) is 1. The second-order valence-electron chi connectivity index (χ2n) is 10.9. The van der Waals surface area contributed by atoms with Gasteiger partial charge in [-0.2, -0.15) is 0 Å². The molecule has 0 unspecified atom stereocenters. The second kappa shape index (κ2) is 9.07. The van der Waals surface area contributed by atoms with E-state index < -0.39 is 124 Å². The average molecular weight is 589 g/mol. The fraction of sp³-hybridized carbons (Fsp3) is 0.0233. The van der Waals surface area contributed by atoms with Crippen molar-refractivity contribution in [3.05, 3.63) is 186 Å². The van der Waals surface area contributed by atoms with Crippen molar-refractivity contribution in [3.63, 3.8) is 0 Å². The zero-order chi connectivity index (χ0) is 42.6. The maximum atomic E-state index is 10.3. The molecule has 2 heteroatoms. The van der Waals surface area contributed by atoms with Crippen molar-refractivity contribution in [2.75, 3.05) is 0 Å². The molecule has 1 spiro atoms. The lowest BCUT2D eigenvalue weighted by Gasteiger charge is -2.39. The monoisotopic (exact) mass is 588 g/mol. The summed E-state index contributed by atoms with van der Waals surface area (Å²) in [5.74, 6) is -1.12. The van der Waals surface area contributed by atoms with Crippen LogP contribution < -0.4 is 4.74 Å². The van der Waals surface area contributed by atoms with E-state index in [0.29, 0.717) is 16.5 Å². The summed E-state index contributed by atoms with van der Waals surface area (Å²) in [6, 6.07) is 11.9. The maximum Gasteiger partial charge on any atom is 0.132 e. The molecule has 0 radical (unpaired) electrons. The summed E-state index contributed by atoms with van der Waals surface area (Å²) in [6.45, 7) is 0. The lowest BCUT2D eigenvalue weighted by atomic mass is 9.65. The predicted molar refractivity (Wildman–Crippen MR) is 184 cm³/mol. The Bertz CT molecular complexity index is 3240. The molecule has 1 aliphatic carbocycles. The molecule has 7 aromatic carbocycles. The van der Waals surface area contributed by atoms with E-state index in [9.17, 15) is 11.0 Å². The van der Waals surface area contributed by atoms with Crippen molar-refractivity contribution < 1.29 is 25.3 Å². The van der Waals surface area contributed by atoms with E-state index in [2.05, 4.69) is 0 Å². The third kappa shape index (κ3) is 3.18. The third-order valence-corrected chi connectivity index (χ3v) is 8.74. The first-order chi connectivity index (χ1) is 28.6. The first-order valence-electron chi connectivity index (χ1n) is 21.8. The van der Waals surface area contributed by atoms with Crippen LogP contribution in [-0.2, 0) is 5.41 Å². The minimum absolute atomic E-state index is 0.121. The normalized spacial score (nSPS) is 18.4. The van der Waals surface area contributed by atoms with Crippen LogP contribution in [0.5, 0.6) is 11.5 Å². The second-order valence-corrected chi connectivity index (χ2v) is 10.9. The molecule has 0 atom stereocenters. The van der Waals surface area contributed by atoms with Crippen molar-refractivity contribution in [2.24, 2.45) is 0 Å². The van der Waals surface area contributed by atoms with Crippen LogP contribution in [0.3, 0.4) is 0 Å². The average Bonchev–Trinajstić information content (AvgIpc) is 3.75. The summed E-state index contributed by atoms with van der Waals surface area (Å²) in [4.78, 5) is 0. The van der Waals surface area contributed by atoms with Gasteiger partial charge in [-0.3, -0.25) is 0 Å². The van der Waals surface area contributed by atoms with E-state index in [4.69, 9.17) is 14.3 Å². The molecule has 210 valence electrons. The highest BCUT2D eigenvalue weighted by Gasteiger charge is 2.51. The summed E-state index contributed by atoms with van der Waals surface area (Å²) in [7, 11) is 0. The number of rotatable bonds is 2. The first kappa shape index (κ1) is 14.3. The van der Waals surface area contributed by atoms with Gasteiger partial charge in [0.1, 0.15) is 11.5 Å². The fourth-order valence-corrected chi connectivity index (χ4v) is 7.01. The van der Waals surface area contributed by atoms with Gasteiger partial charge in [-0.25, -0.2) is 0 Å². The Hall–Kier alpha value is -5.86. The summed E-state index contributed by atoms with van der Waals surface area (Å²) in [6.07, 6.45) is 0. The van der Waals surface area contributed by atoms with Gasteiger partial charge in [0, 0.05) is 27.6 Å². The quantitative estimate of drug-likeness (QED) is 0.196. The first-order valence-corrected chi connectivity index (χ1v) is 14.3. The third-order valence-electron chi connectivity index (χ3n) is 8.74. The van der Waals surface area contributed by atoms with Crippen LogP contribution in [-0.4, -0.2) is 4.57 Å². The van der Waals surface area contributed by atoms with Crippen LogP contribution in [0, 0.1) is 0 Å². The van der Waals surface area contributed by atoms with Gasteiger partial charge < -0.3 is 9.30 Å². The van der Waals surface area contributed by atoms with Gasteiger partial charge in [0.15, 0.2) is 0 Å². The number of nitrogens with zero attached hydrogens (tertiary/aromatic N) is 1. The Morgan fingerprint density at radius 3 is 1.96 bits per heavy atom. The molecule has 2 heterocycles. The van der Waals surface area contributed by atoms with E-state index in [0.717, 1.165) is 16.6 Å². The minimum atomic E-state index is -2.54. The fourth-order valence-electron chi connectivity index (χ4n) is 7.01. The topological polar surface area (TPSA) is 14.2 Å². The molecule has 0 N–H and O–H groups in total. The van der Waals surface area contributed by atoms with Crippen LogP contribution in [0.15, 0.2) is 163 Å². The van der Waals surface area contributed by atoms with Crippen LogP contribution in [0.2, 0.25) is 0 Å². The maximum absolute atomic E-state index is 10.3. The molecule has 0 amide bonds. The molecule has 8 aromatic rings. The van der Waals surface area contributed by atoms with Crippen molar-refractivity contribution >= 4 is 21.8 Å². The minimum Gasteiger partial charge on any atom is -0.457 e. The molecule has 0 saturated heterocycles. The Labute approximate surface area is 282 Å². The molecule has 45 heavy (non-hydrogen) atoms. The number of hydrogen-bond donors (Lipinski definition) is 0. The van der Waals surface area contributed by atoms with Gasteiger partial charge >= 0.3 is 0 Å². The lowest BCUT2D eigenvalue weighted by molar-refractivity contribution is 0.436. The smallest absolute Gasteiger partial charge is 0.132 e. The summed E-state index contributed by atoms with van der Waals surface area (Å²) in [5, 5.41) is 1.34. The zero-order valence-electron chi connectivity index (χ0n) is 38.3. The molecule has 1 aromatic heterocycles. The molecule has 0 bridgehead atoms. The molecule has 0 saturated carbocycles. The van der Waals surface area contributed by atoms with Gasteiger partial charge in [0.05, 0.1) is 37.0 Å². The number of para-hydroxylation sites is 3. The zero-order valence-corrected chi connectivity index (χ0v) is 23.3. The Morgan fingerprint density at radius 2 is 1.16 bits per heavy atom. The van der Waals surface area contributed by atoms with Gasteiger partial charge in [-0.05, 0) is 75.8 Å². The van der Waals surface area contributed by atoms with Gasteiger partial charge in [-0.1, -0.05) is 121 Å². The van der Waals surface area contributed by atoms with Crippen molar-refractivity contribution in [2.45, 2.75) is 5.41 Å². The molecule has 0 fully saturated rings. The Kier molecular flexibility index (Phi) is 2.88. The van der Waals surface area contributed by atoms with E-state index in [1.54, 1.807) is 12.1 Å². The van der Waals surface area contributed by atoms with Crippen LogP contribution >= 0.6 is 0 Å². The summed E-state index contributed by atoms with van der Waals surface area (Å²) >= 11 is 0. The Morgan fingerprint density at radius 1 is 0.511 bits per heavy atom. The van der Waals surface area contributed by atoms with Crippen molar-refractivity contribution in [1.82, 2.24) is 4.57 Å². The summed E-state index contributed by atoms with van der Waals surface area (Å²) < 4.78 is 146. The standard InChI is InChI=1S/C43H27NO/c1-2-13-29(14-3-1)44-38-22-10-6-17-33(38)42-30(18-12-23-39(42)44)28-25-26-41-37(27-28)43(36-21-9-11-24-40(36)45-41)34-19-7-4-15-31(34)32-16-5-8-20-35(32)43/h1-27H/i4D,5D,7D,8D,9D,11D,15D,16D,19D,20D,21D,24D,25D,26D,27D. The number of aromatic nitrogens is 1. The van der Waals surface area contributed by atoms with E-state index in [-0.39, 0.29) is 22.3 Å². The molecule has 2 nitrogen and oxygen atoms in total. The van der Waals surface area contributed by atoms with E-state index >= 15 is 0 Å². The summed E-state index contributed by atoms with van der Waals surface area (Å²) in [5.41, 5.74) is -2.40. The highest BCUT2D eigenvalue weighted by atomic mass is 16.5.